The van der Waals surface area contributed by atoms with Crippen molar-refractivity contribution in [3.05, 3.63) is 0 Å². The average Bonchev–Trinajstić information content (AvgIpc) is 2.80. The van der Waals surface area contributed by atoms with E-state index in [0.717, 1.165) is 25.3 Å². The van der Waals surface area contributed by atoms with Crippen molar-refractivity contribution >= 4 is 15.8 Å². The Morgan fingerprint density at radius 2 is 2.04 bits per heavy atom. The van der Waals surface area contributed by atoms with Crippen LogP contribution < -0.4 is 10.6 Å². The fraction of sp³-hybridized carbons (Fsp3) is 0.944. The van der Waals surface area contributed by atoms with Crippen molar-refractivity contribution in [2.75, 3.05) is 24.6 Å². The van der Waals surface area contributed by atoms with Gasteiger partial charge in [-0.25, -0.2) is 8.42 Å². The Balaban J connectivity index is 1.91. The Morgan fingerprint density at radius 1 is 1.29 bits per heavy atom. The lowest BCUT2D eigenvalue weighted by Crippen LogP contribution is -2.47. The third kappa shape index (κ3) is 6.61. The van der Waals surface area contributed by atoms with Gasteiger partial charge in [0.1, 0.15) is 0 Å². The summed E-state index contributed by atoms with van der Waals surface area (Å²) in [6, 6.07) is 0.458. The Hall–Kier alpha value is -0.780. The van der Waals surface area contributed by atoms with Crippen molar-refractivity contribution in [1.82, 2.24) is 10.6 Å². The minimum atomic E-state index is -2.81. The van der Waals surface area contributed by atoms with E-state index in [-0.39, 0.29) is 5.92 Å². The fourth-order valence-corrected chi connectivity index (χ4v) is 5.58. The van der Waals surface area contributed by atoms with Gasteiger partial charge in [0, 0.05) is 19.1 Å². The van der Waals surface area contributed by atoms with Crippen molar-refractivity contribution < 1.29 is 8.42 Å². The molecule has 24 heavy (non-hydrogen) atoms. The van der Waals surface area contributed by atoms with Gasteiger partial charge >= 0.3 is 0 Å². The van der Waals surface area contributed by atoms with Crippen LogP contribution >= 0.6 is 0 Å². The number of hydrogen-bond acceptors (Lipinski definition) is 3. The smallest absolute Gasteiger partial charge is 0.191 e. The number of rotatable bonds is 5. The van der Waals surface area contributed by atoms with Gasteiger partial charge in [-0.15, -0.1) is 0 Å². The predicted octanol–water partition coefficient (Wildman–Crippen LogP) is 2.58. The highest BCUT2D eigenvalue weighted by Crippen LogP contribution is 2.35. The highest BCUT2D eigenvalue weighted by atomic mass is 32.2. The van der Waals surface area contributed by atoms with Gasteiger partial charge in [-0.2, -0.15) is 0 Å². The van der Waals surface area contributed by atoms with Gasteiger partial charge < -0.3 is 10.6 Å². The summed E-state index contributed by atoms with van der Waals surface area (Å²) in [5, 5.41) is 7.00. The fourth-order valence-electron chi connectivity index (χ4n) is 3.72. The van der Waals surface area contributed by atoms with Gasteiger partial charge in [0.15, 0.2) is 15.8 Å². The Bertz CT molecular complexity index is 540. The molecule has 0 aromatic heterocycles. The third-order valence-electron chi connectivity index (χ3n) is 5.05. The van der Waals surface area contributed by atoms with Gasteiger partial charge in [-0.3, -0.25) is 4.99 Å². The lowest BCUT2D eigenvalue weighted by Gasteiger charge is -2.36. The summed E-state index contributed by atoms with van der Waals surface area (Å²) in [5.74, 6) is 2.23. The van der Waals surface area contributed by atoms with Crippen molar-refractivity contribution in [2.45, 2.75) is 65.8 Å². The summed E-state index contributed by atoms with van der Waals surface area (Å²) in [5.41, 5.74) is 0.388. The molecule has 6 heteroatoms. The van der Waals surface area contributed by atoms with Crippen LogP contribution in [0.2, 0.25) is 0 Å². The molecular formula is C18H35N3O2S. The zero-order valence-corrected chi connectivity index (χ0v) is 16.6. The van der Waals surface area contributed by atoms with E-state index in [4.69, 9.17) is 4.99 Å². The SMILES string of the molecule is CC(C)CN=C(NCC1CCS(=O)(=O)C1)NC1CCCC(C)(C)C1. The molecule has 1 saturated heterocycles. The predicted molar refractivity (Wildman–Crippen MR) is 101 cm³/mol. The molecule has 2 fully saturated rings. The van der Waals surface area contributed by atoms with E-state index >= 15 is 0 Å². The molecule has 1 aliphatic heterocycles. The molecule has 1 heterocycles. The molecule has 2 aliphatic rings. The highest BCUT2D eigenvalue weighted by Gasteiger charge is 2.30. The Morgan fingerprint density at radius 3 is 2.62 bits per heavy atom. The van der Waals surface area contributed by atoms with Crippen LogP contribution in [0.15, 0.2) is 4.99 Å². The number of guanidine groups is 1. The number of aliphatic imine (C=N–C) groups is 1. The van der Waals surface area contributed by atoms with Crippen molar-refractivity contribution in [3.63, 3.8) is 0 Å². The molecule has 0 aromatic carbocycles. The number of sulfone groups is 1. The molecule has 0 amide bonds. The molecule has 1 saturated carbocycles. The molecule has 2 unspecified atom stereocenters. The maximum Gasteiger partial charge on any atom is 0.191 e. The van der Waals surface area contributed by atoms with Crippen LogP contribution in [0.5, 0.6) is 0 Å². The molecule has 2 rings (SSSR count). The standard InChI is InChI=1S/C18H35N3O2S/c1-14(2)11-19-17(20-12-15-7-9-24(22,23)13-15)21-16-6-5-8-18(3,4)10-16/h14-16H,5-13H2,1-4H3,(H2,19,20,21). The lowest BCUT2D eigenvalue weighted by molar-refractivity contribution is 0.210. The van der Waals surface area contributed by atoms with Crippen molar-refractivity contribution in [1.29, 1.82) is 0 Å². The molecule has 2 atom stereocenters. The summed E-state index contributed by atoms with van der Waals surface area (Å²) in [7, 11) is -2.81. The molecule has 0 aromatic rings. The number of nitrogens with one attached hydrogen (secondary N) is 2. The minimum absolute atomic E-state index is 0.212. The molecule has 0 bridgehead atoms. The van der Waals surface area contributed by atoms with Crippen molar-refractivity contribution in [3.8, 4) is 0 Å². The molecule has 1 aliphatic carbocycles. The zero-order chi connectivity index (χ0) is 17.8. The molecule has 140 valence electrons. The molecule has 2 N–H and O–H groups in total. The monoisotopic (exact) mass is 357 g/mol. The maximum absolute atomic E-state index is 11.6. The van der Waals surface area contributed by atoms with Crippen LogP contribution in [0.1, 0.15) is 59.8 Å². The van der Waals surface area contributed by atoms with Crippen molar-refractivity contribution in [2.24, 2.45) is 22.2 Å². The topological polar surface area (TPSA) is 70.6 Å². The Labute approximate surface area is 148 Å². The number of hydrogen-bond donors (Lipinski definition) is 2. The van der Waals surface area contributed by atoms with Gasteiger partial charge in [-0.1, -0.05) is 34.1 Å². The summed E-state index contributed by atoms with van der Waals surface area (Å²) in [4.78, 5) is 4.71. The van der Waals surface area contributed by atoms with E-state index in [0.29, 0.717) is 35.4 Å². The van der Waals surface area contributed by atoms with Gasteiger partial charge in [0.25, 0.3) is 0 Å². The summed E-state index contributed by atoms with van der Waals surface area (Å²) in [6.45, 7) is 10.5. The second kappa shape index (κ2) is 8.07. The van der Waals surface area contributed by atoms with Gasteiger partial charge in [0.2, 0.25) is 0 Å². The van der Waals surface area contributed by atoms with Gasteiger partial charge in [0.05, 0.1) is 11.5 Å². The summed E-state index contributed by atoms with van der Waals surface area (Å²) < 4.78 is 23.2. The molecule has 0 spiro atoms. The second-order valence-corrected chi connectivity index (χ2v) is 11.1. The average molecular weight is 358 g/mol. The van der Waals surface area contributed by atoms with E-state index < -0.39 is 9.84 Å². The van der Waals surface area contributed by atoms with E-state index in [1.165, 1.54) is 19.3 Å². The first-order chi connectivity index (χ1) is 11.2. The quantitative estimate of drug-likeness (QED) is 0.586. The van der Waals surface area contributed by atoms with Crippen LogP contribution in [0.25, 0.3) is 0 Å². The molecule has 5 nitrogen and oxygen atoms in total. The summed E-state index contributed by atoms with van der Waals surface area (Å²) >= 11 is 0. The van der Waals surface area contributed by atoms with Crippen LogP contribution in [-0.4, -0.2) is 45.0 Å². The first kappa shape index (κ1) is 19.5. The normalized spacial score (nSPS) is 29.6. The zero-order valence-electron chi connectivity index (χ0n) is 15.8. The first-order valence-electron chi connectivity index (χ1n) is 9.40. The second-order valence-electron chi connectivity index (χ2n) is 8.83. The van der Waals surface area contributed by atoms with E-state index in [1.807, 2.05) is 0 Å². The Kier molecular flexibility index (Phi) is 6.57. The van der Waals surface area contributed by atoms with Crippen LogP contribution in [0.3, 0.4) is 0 Å². The molecule has 0 radical (unpaired) electrons. The van der Waals surface area contributed by atoms with Crippen LogP contribution in [-0.2, 0) is 9.84 Å². The van der Waals surface area contributed by atoms with Crippen LogP contribution in [0.4, 0.5) is 0 Å². The number of nitrogens with zero attached hydrogens (tertiary/aromatic N) is 1. The highest BCUT2D eigenvalue weighted by molar-refractivity contribution is 7.91. The largest absolute Gasteiger partial charge is 0.356 e. The first-order valence-corrected chi connectivity index (χ1v) is 11.2. The molecular weight excluding hydrogens is 322 g/mol. The summed E-state index contributed by atoms with van der Waals surface area (Å²) in [6.07, 6.45) is 5.65. The van der Waals surface area contributed by atoms with E-state index in [2.05, 4.69) is 38.3 Å². The van der Waals surface area contributed by atoms with E-state index in [1.54, 1.807) is 0 Å². The lowest BCUT2D eigenvalue weighted by atomic mass is 9.75. The van der Waals surface area contributed by atoms with Crippen LogP contribution in [0, 0.1) is 17.3 Å². The van der Waals surface area contributed by atoms with Gasteiger partial charge in [-0.05, 0) is 42.9 Å². The maximum atomic E-state index is 11.6. The minimum Gasteiger partial charge on any atom is -0.356 e. The van der Waals surface area contributed by atoms with E-state index in [9.17, 15) is 8.42 Å². The third-order valence-corrected chi connectivity index (χ3v) is 6.88.